The number of likely N-dealkylation sites (tertiary alicyclic amines) is 1. The summed E-state index contributed by atoms with van der Waals surface area (Å²) in [5.74, 6) is -0.858. The van der Waals surface area contributed by atoms with Gasteiger partial charge in [0, 0.05) is 12.6 Å². The van der Waals surface area contributed by atoms with E-state index in [-0.39, 0.29) is 18.4 Å². The molecule has 0 spiro atoms. The van der Waals surface area contributed by atoms with Crippen molar-refractivity contribution in [2.24, 2.45) is 5.73 Å². The highest BCUT2D eigenvalue weighted by Gasteiger charge is 2.30. The van der Waals surface area contributed by atoms with E-state index in [1.54, 1.807) is 4.90 Å². The van der Waals surface area contributed by atoms with Gasteiger partial charge in [-0.2, -0.15) is 0 Å². The summed E-state index contributed by atoms with van der Waals surface area (Å²) < 4.78 is 0. The van der Waals surface area contributed by atoms with Crippen molar-refractivity contribution in [3.63, 3.8) is 0 Å². The van der Waals surface area contributed by atoms with Crippen LogP contribution in [0, 0.1) is 5.41 Å². The van der Waals surface area contributed by atoms with Gasteiger partial charge in [-0.1, -0.05) is 0 Å². The second kappa shape index (κ2) is 2.77. The molecule has 0 aromatic heterocycles. The van der Waals surface area contributed by atoms with E-state index in [9.17, 15) is 4.79 Å². The number of rotatable bonds is 2. The van der Waals surface area contributed by atoms with Gasteiger partial charge in [0.25, 0.3) is 0 Å². The van der Waals surface area contributed by atoms with E-state index >= 15 is 0 Å². The third-order valence-electron chi connectivity index (χ3n) is 1.86. The normalized spacial score (nSPS) is 22.5. The van der Waals surface area contributed by atoms with Crippen LogP contribution < -0.4 is 5.73 Å². The molecular weight excluding hydrogens is 146 g/mol. The van der Waals surface area contributed by atoms with E-state index in [4.69, 9.17) is 16.2 Å². The summed E-state index contributed by atoms with van der Waals surface area (Å²) in [5, 5.41) is 15.4. The molecule has 1 aliphatic heterocycles. The Hall–Kier alpha value is -1.26. The maximum atomic E-state index is 10.2. The molecule has 0 aromatic rings. The van der Waals surface area contributed by atoms with Crippen LogP contribution in [0.2, 0.25) is 0 Å². The Morgan fingerprint density at radius 2 is 2.45 bits per heavy atom. The number of nitrogens with two attached hydrogens (primary N) is 1. The van der Waals surface area contributed by atoms with Crippen LogP contribution in [-0.4, -0.2) is 34.5 Å². The molecule has 0 saturated carbocycles. The topological polar surface area (TPSA) is 90.4 Å². The second-order valence-electron chi connectivity index (χ2n) is 2.62. The SMILES string of the molecule is N=C(N)N1CCC1CC(=O)O. The van der Waals surface area contributed by atoms with Crippen LogP contribution >= 0.6 is 0 Å². The average molecular weight is 157 g/mol. The summed E-state index contributed by atoms with van der Waals surface area (Å²) in [6.07, 6.45) is 0.908. The molecule has 11 heavy (non-hydrogen) atoms. The Balaban J connectivity index is 2.37. The van der Waals surface area contributed by atoms with Gasteiger partial charge in [-0.05, 0) is 6.42 Å². The highest BCUT2D eigenvalue weighted by Crippen LogP contribution is 2.18. The summed E-state index contributed by atoms with van der Waals surface area (Å²) in [6, 6.07) is -0.0509. The lowest BCUT2D eigenvalue weighted by atomic mass is 10.0. The molecule has 1 saturated heterocycles. The lowest BCUT2D eigenvalue weighted by molar-refractivity contribution is -0.138. The molecule has 1 rings (SSSR count). The van der Waals surface area contributed by atoms with Crippen molar-refractivity contribution in [3.8, 4) is 0 Å². The van der Waals surface area contributed by atoms with Crippen LogP contribution in [0.4, 0.5) is 0 Å². The minimum Gasteiger partial charge on any atom is -0.481 e. The van der Waals surface area contributed by atoms with Crippen LogP contribution in [0.1, 0.15) is 12.8 Å². The summed E-state index contributed by atoms with van der Waals surface area (Å²) >= 11 is 0. The van der Waals surface area contributed by atoms with E-state index in [0.29, 0.717) is 6.54 Å². The van der Waals surface area contributed by atoms with Crippen LogP contribution in [0.15, 0.2) is 0 Å². The van der Waals surface area contributed by atoms with Crippen molar-refractivity contribution in [1.82, 2.24) is 4.90 Å². The van der Waals surface area contributed by atoms with Crippen molar-refractivity contribution in [3.05, 3.63) is 0 Å². The number of aliphatic carboxylic acids is 1. The smallest absolute Gasteiger partial charge is 0.305 e. The second-order valence-corrected chi connectivity index (χ2v) is 2.62. The van der Waals surface area contributed by atoms with Crippen LogP contribution in [-0.2, 0) is 4.79 Å². The van der Waals surface area contributed by atoms with Gasteiger partial charge in [-0.3, -0.25) is 10.2 Å². The fourth-order valence-electron chi connectivity index (χ4n) is 1.17. The molecule has 5 heteroatoms. The largest absolute Gasteiger partial charge is 0.481 e. The minimum absolute atomic E-state index is 0.0255. The number of hydrogen-bond donors (Lipinski definition) is 3. The predicted molar refractivity (Wildman–Crippen MR) is 39.3 cm³/mol. The Labute approximate surface area is 64.3 Å². The van der Waals surface area contributed by atoms with Crippen molar-refractivity contribution >= 4 is 11.9 Å². The first-order chi connectivity index (χ1) is 5.11. The molecule has 1 fully saturated rings. The fraction of sp³-hybridized carbons (Fsp3) is 0.667. The molecule has 0 radical (unpaired) electrons. The Morgan fingerprint density at radius 1 is 1.82 bits per heavy atom. The van der Waals surface area contributed by atoms with E-state index in [2.05, 4.69) is 0 Å². The number of carbonyl (C=O) groups is 1. The summed E-state index contributed by atoms with van der Waals surface area (Å²) in [4.78, 5) is 11.8. The van der Waals surface area contributed by atoms with Gasteiger partial charge in [-0.15, -0.1) is 0 Å². The molecule has 0 bridgehead atoms. The summed E-state index contributed by atoms with van der Waals surface area (Å²) in [7, 11) is 0. The number of carboxylic acid groups (broad SMARTS) is 1. The maximum absolute atomic E-state index is 10.2. The Morgan fingerprint density at radius 3 is 2.73 bits per heavy atom. The molecule has 0 aromatic carbocycles. The first-order valence-corrected chi connectivity index (χ1v) is 3.43. The standard InChI is InChI=1S/C6H11N3O2/c7-6(8)9-2-1-4(9)3-5(10)11/h4H,1-3H2,(H3,7,8)(H,10,11). The van der Waals surface area contributed by atoms with Crippen LogP contribution in [0.3, 0.4) is 0 Å². The quantitative estimate of drug-likeness (QED) is 0.370. The monoisotopic (exact) mass is 157 g/mol. The maximum Gasteiger partial charge on any atom is 0.305 e. The molecule has 62 valence electrons. The van der Waals surface area contributed by atoms with E-state index in [0.717, 1.165) is 6.42 Å². The van der Waals surface area contributed by atoms with Gasteiger partial charge < -0.3 is 15.7 Å². The average Bonchev–Trinajstić information content (AvgIpc) is 1.78. The number of nitrogens with one attached hydrogen (secondary N) is 1. The highest BCUT2D eigenvalue weighted by atomic mass is 16.4. The number of nitrogens with zero attached hydrogens (tertiary/aromatic N) is 1. The number of guanidine groups is 1. The van der Waals surface area contributed by atoms with Gasteiger partial charge in [0.1, 0.15) is 0 Å². The lowest BCUT2D eigenvalue weighted by Gasteiger charge is -2.40. The lowest BCUT2D eigenvalue weighted by Crippen LogP contribution is -2.54. The Kier molecular flexibility index (Phi) is 1.98. The van der Waals surface area contributed by atoms with Crippen molar-refractivity contribution in [2.45, 2.75) is 18.9 Å². The molecule has 5 nitrogen and oxygen atoms in total. The van der Waals surface area contributed by atoms with Gasteiger partial charge >= 0.3 is 5.97 Å². The summed E-state index contributed by atoms with van der Waals surface area (Å²) in [6.45, 7) is 0.716. The number of carboxylic acids is 1. The minimum atomic E-state index is -0.832. The molecule has 0 amide bonds. The third-order valence-corrected chi connectivity index (χ3v) is 1.86. The van der Waals surface area contributed by atoms with E-state index in [1.165, 1.54) is 0 Å². The van der Waals surface area contributed by atoms with Crippen LogP contribution in [0.5, 0.6) is 0 Å². The molecule has 1 aliphatic rings. The van der Waals surface area contributed by atoms with Gasteiger partial charge in [0.2, 0.25) is 0 Å². The molecule has 1 atom stereocenters. The first kappa shape index (κ1) is 7.84. The van der Waals surface area contributed by atoms with Gasteiger partial charge in [0.05, 0.1) is 6.42 Å². The van der Waals surface area contributed by atoms with Gasteiger partial charge in [0.15, 0.2) is 5.96 Å². The predicted octanol–water partition coefficient (Wildman–Crippen LogP) is -0.571. The zero-order chi connectivity index (χ0) is 8.43. The van der Waals surface area contributed by atoms with Crippen molar-refractivity contribution < 1.29 is 9.90 Å². The molecule has 1 unspecified atom stereocenters. The molecule has 0 aliphatic carbocycles. The van der Waals surface area contributed by atoms with Crippen LogP contribution in [0.25, 0.3) is 0 Å². The zero-order valence-electron chi connectivity index (χ0n) is 6.08. The van der Waals surface area contributed by atoms with Crippen molar-refractivity contribution in [1.29, 1.82) is 5.41 Å². The third kappa shape index (κ3) is 1.60. The highest BCUT2D eigenvalue weighted by molar-refractivity contribution is 5.77. The number of hydrogen-bond acceptors (Lipinski definition) is 2. The van der Waals surface area contributed by atoms with Crippen molar-refractivity contribution in [2.75, 3.05) is 6.54 Å². The molecule has 4 N–H and O–H groups in total. The van der Waals surface area contributed by atoms with E-state index in [1.807, 2.05) is 0 Å². The Bertz CT molecular complexity index is 192. The molecular formula is C6H11N3O2. The first-order valence-electron chi connectivity index (χ1n) is 3.43. The zero-order valence-corrected chi connectivity index (χ0v) is 6.08. The van der Waals surface area contributed by atoms with Gasteiger partial charge in [-0.25, -0.2) is 0 Å². The molecule has 1 heterocycles. The summed E-state index contributed by atoms with van der Waals surface area (Å²) in [5.41, 5.74) is 5.18. The van der Waals surface area contributed by atoms with E-state index < -0.39 is 5.97 Å². The fourth-order valence-corrected chi connectivity index (χ4v) is 1.17.